The summed E-state index contributed by atoms with van der Waals surface area (Å²) in [6, 6.07) is 33.0. The summed E-state index contributed by atoms with van der Waals surface area (Å²) in [4.78, 5) is 1.99. The Hall–Kier alpha value is -2.90. The van der Waals surface area contributed by atoms with Crippen molar-refractivity contribution in [3.05, 3.63) is 108 Å². The molecule has 0 unspecified atom stereocenters. The van der Waals surface area contributed by atoms with Crippen molar-refractivity contribution in [2.75, 3.05) is 26.4 Å². The molecule has 1 aliphatic carbocycles. The molecule has 178 valence electrons. The predicted octanol–water partition coefficient (Wildman–Crippen LogP) is 6.19. The topological polar surface area (TPSA) is 58.9 Å². The minimum atomic E-state index is -0.509. The number of hydrogen-bond donors (Lipinski definition) is 2. The van der Waals surface area contributed by atoms with Crippen molar-refractivity contribution < 1.29 is 19.7 Å². The first-order chi connectivity index (χ1) is 17.3. The molecule has 0 fully saturated rings. The highest BCUT2D eigenvalue weighted by Gasteiger charge is 2.46. The van der Waals surface area contributed by atoms with Gasteiger partial charge in [-0.3, -0.25) is 0 Å². The fourth-order valence-electron chi connectivity index (χ4n) is 4.32. The van der Waals surface area contributed by atoms with Crippen molar-refractivity contribution in [1.29, 1.82) is 0 Å². The van der Waals surface area contributed by atoms with E-state index in [9.17, 15) is 10.2 Å². The molecule has 0 amide bonds. The Balaban J connectivity index is 1.68. The Morgan fingerprint density at radius 1 is 0.543 bits per heavy atom. The van der Waals surface area contributed by atoms with E-state index in [4.69, 9.17) is 9.47 Å². The van der Waals surface area contributed by atoms with E-state index in [-0.39, 0.29) is 26.4 Å². The van der Waals surface area contributed by atoms with Crippen molar-refractivity contribution >= 4 is 23.5 Å². The number of thioether (sulfide) groups is 2. The molecule has 4 nitrogen and oxygen atoms in total. The van der Waals surface area contributed by atoms with Crippen molar-refractivity contribution in [1.82, 2.24) is 0 Å². The number of para-hydroxylation sites is 2. The molecule has 6 heteroatoms. The number of rotatable bonds is 10. The third-order valence-corrected chi connectivity index (χ3v) is 8.83. The Labute approximate surface area is 213 Å². The van der Waals surface area contributed by atoms with Gasteiger partial charge in [0.1, 0.15) is 28.8 Å². The summed E-state index contributed by atoms with van der Waals surface area (Å²) < 4.78 is 11.3. The summed E-state index contributed by atoms with van der Waals surface area (Å²) in [7, 11) is 0. The first kappa shape index (κ1) is 23.8. The zero-order valence-electron chi connectivity index (χ0n) is 19.1. The maximum atomic E-state index is 9.34. The summed E-state index contributed by atoms with van der Waals surface area (Å²) in [5.41, 5.74) is 4.85. The van der Waals surface area contributed by atoms with Gasteiger partial charge in [0.2, 0.25) is 0 Å². The summed E-state index contributed by atoms with van der Waals surface area (Å²) in [6.07, 6.45) is 0. The zero-order valence-corrected chi connectivity index (χ0v) is 20.7. The smallest absolute Gasteiger partial charge is 0.133 e. The van der Waals surface area contributed by atoms with Gasteiger partial charge in [0.25, 0.3) is 0 Å². The molecule has 5 rings (SSSR count). The van der Waals surface area contributed by atoms with E-state index in [1.165, 1.54) is 22.3 Å². The van der Waals surface area contributed by atoms with Crippen LogP contribution in [0.25, 0.3) is 11.1 Å². The molecular formula is C29H26O4S2. The largest absolute Gasteiger partial charge is 0.490 e. The second-order valence-corrected chi connectivity index (χ2v) is 10.7. The van der Waals surface area contributed by atoms with Gasteiger partial charge in [-0.1, -0.05) is 96.3 Å². The van der Waals surface area contributed by atoms with Crippen molar-refractivity contribution in [3.63, 3.8) is 0 Å². The van der Waals surface area contributed by atoms with E-state index in [0.717, 1.165) is 21.3 Å². The standard InChI is InChI=1S/C29H26O4S2/c30-17-19-32-25-13-5-7-15-27(25)34-29(35-28-16-8-6-14-26(28)33-20-18-31)23-11-3-1-9-21(23)22-10-2-4-12-24(22)29/h1-16,30-31H,17-20H2. The van der Waals surface area contributed by atoms with Crippen LogP contribution < -0.4 is 9.47 Å². The highest BCUT2D eigenvalue weighted by atomic mass is 32.2. The minimum absolute atomic E-state index is 0.0415. The van der Waals surface area contributed by atoms with E-state index < -0.39 is 4.08 Å². The minimum Gasteiger partial charge on any atom is -0.490 e. The van der Waals surface area contributed by atoms with E-state index in [0.29, 0.717) is 0 Å². The maximum Gasteiger partial charge on any atom is 0.133 e. The van der Waals surface area contributed by atoms with E-state index in [2.05, 4.69) is 60.7 Å². The highest BCUT2D eigenvalue weighted by Crippen LogP contribution is 2.65. The van der Waals surface area contributed by atoms with Crippen LogP contribution in [-0.4, -0.2) is 36.6 Å². The third kappa shape index (κ3) is 4.67. The summed E-state index contributed by atoms with van der Waals surface area (Å²) in [6.45, 7) is 0.395. The predicted molar refractivity (Wildman–Crippen MR) is 142 cm³/mol. The number of aliphatic hydroxyl groups is 2. The molecule has 0 radical (unpaired) electrons. The van der Waals surface area contributed by atoms with Gasteiger partial charge in [0.05, 0.1) is 23.0 Å². The molecule has 0 saturated carbocycles. The molecule has 35 heavy (non-hydrogen) atoms. The number of aliphatic hydroxyl groups excluding tert-OH is 2. The quantitative estimate of drug-likeness (QED) is 0.252. The van der Waals surface area contributed by atoms with Gasteiger partial charge in [-0.2, -0.15) is 0 Å². The van der Waals surface area contributed by atoms with Gasteiger partial charge in [-0.15, -0.1) is 0 Å². The summed E-state index contributed by atoms with van der Waals surface area (Å²) >= 11 is 3.48. The number of hydrogen-bond acceptors (Lipinski definition) is 6. The van der Waals surface area contributed by atoms with E-state index in [1.807, 2.05) is 36.4 Å². The lowest BCUT2D eigenvalue weighted by molar-refractivity contribution is 0.198. The molecule has 0 atom stereocenters. The highest BCUT2D eigenvalue weighted by molar-refractivity contribution is 8.18. The van der Waals surface area contributed by atoms with Gasteiger partial charge in [0, 0.05) is 0 Å². The first-order valence-electron chi connectivity index (χ1n) is 11.5. The van der Waals surface area contributed by atoms with Crippen LogP contribution in [0.1, 0.15) is 11.1 Å². The molecule has 1 aliphatic rings. The molecule has 0 heterocycles. The normalized spacial score (nSPS) is 13.2. The molecule has 4 aromatic rings. The van der Waals surface area contributed by atoms with E-state index in [1.54, 1.807) is 23.5 Å². The second kappa shape index (κ2) is 10.8. The van der Waals surface area contributed by atoms with Gasteiger partial charge in [-0.05, 0) is 46.5 Å². The third-order valence-electron chi connectivity index (χ3n) is 5.76. The van der Waals surface area contributed by atoms with Crippen LogP contribution in [-0.2, 0) is 4.08 Å². The monoisotopic (exact) mass is 502 g/mol. The molecule has 0 aromatic heterocycles. The average molecular weight is 503 g/mol. The van der Waals surface area contributed by atoms with Crippen molar-refractivity contribution in [2.24, 2.45) is 0 Å². The van der Waals surface area contributed by atoms with Crippen LogP contribution >= 0.6 is 23.5 Å². The lowest BCUT2D eigenvalue weighted by Crippen LogP contribution is -2.17. The second-order valence-electron chi connectivity index (χ2n) is 7.95. The fraction of sp³-hybridized carbons (Fsp3) is 0.172. The molecule has 0 saturated heterocycles. The number of ether oxygens (including phenoxy) is 2. The van der Waals surface area contributed by atoms with E-state index >= 15 is 0 Å². The molecule has 0 aliphatic heterocycles. The molecule has 4 aromatic carbocycles. The SMILES string of the molecule is OCCOc1ccccc1SC1(Sc2ccccc2OCCO)c2ccccc2-c2ccccc21. The van der Waals surface area contributed by atoms with Crippen LogP contribution in [0.15, 0.2) is 107 Å². The van der Waals surface area contributed by atoms with Crippen LogP contribution in [0.3, 0.4) is 0 Å². The Kier molecular flexibility index (Phi) is 7.35. The molecule has 0 spiro atoms. The van der Waals surface area contributed by atoms with Crippen LogP contribution in [0.4, 0.5) is 0 Å². The number of benzene rings is 4. The Morgan fingerprint density at radius 3 is 1.40 bits per heavy atom. The molecular weight excluding hydrogens is 476 g/mol. The van der Waals surface area contributed by atoms with Gasteiger partial charge in [0.15, 0.2) is 0 Å². The molecule has 0 bridgehead atoms. The lowest BCUT2D eigenvalue weighted by atomic mass is 10.1. The van der Waals surface area contributed by atoms with Gasteiger partial charge >= 0.3 is 0 Å². The lowest BCUT2D eigenvalue weighted by Gasteiger charge is -2.32. The van der Waals surface area contributed by atoms with Crippen LogP contribution in [0.5, 0.6) is 11.5 Å². The average Bonchev–Trinajstić information content (AvgIpc) is 3.17. The number of fused-ring (bicyclic) bond motifs is 3. The van der Waals surface area contributed by atoms with Gasteiger partial charge < -0.3 is 19.7 Å². The maximum absolute atomic E-state index is 9.34. The Morgan fingerprint density at radius 2 is 0.943 bits per heavy atom. The summed E-state index contributed by atoms with van der Waals surface area (Å²) in [5, 5.41) is 18.7. The zero-order chi connectivity index (χ0) is 24.1. The van der Waals surface area contributed by atoms with Crippen LogP contribution in [0.2, 0.25) is 0 Å². The van der Waals surface area contributed by atoms with Gasteiger partial charge in [-0.25, -0.2) is 0 Å². The fourth-order valence-corrected chi connectivity index (χ4v) is 7.55. The van der Waals surface area contributed by atoms with Crippen molar-refractivity contribution in [3.8, 4) is 22.6 Å². The summed E-state index contributed by atoms with van der Waals surface area (Å²) in [5.74, 6) is 1.50. The van der Waals surface area contributed by atoms with Crippen LogP contribution in [0, 0.1) is 0 Å². The Bertz CT molecular complexity index is 1210. The van der Waals surface area contributed by atoms with Crippen molar-refractivity contribution in [2.45, 2.75) is 13.9 Å². The molecule has 2 N–H and O–H groups in total. The first-order valence-corrected chi connectivity index (χ1v) is 13.1.